The van der Waals surface area contributed by atoms with Crippen molar-refractivity contribution >= 4 is 61.4 Å². The molecule has 0 aromatic heterocycles. The molecule has 45 heavy (non-hydrogen) atoms. The first-order chi connectivity index (χ1) is 21.7. The number of hydrogen-bond acceptors (Lipinski definition) is 9. The molecule has 6 aromatic rings. The quantitative estimate of drug-likeness (QED) is 0.107. The third-order valence-electron chi connectivity index (χ3n) is 7.57. The average molecular weight is 597 g/mol. The molecule has 0 aliphatic heterocycles. The van der Waals surface area contributed by atoms with E-state index in [1.807, 2.05) is 73.7 Å². The second-order valence-corrected chi connectivity index (χ2v) is 11.0. The number of fused-ring (bicyclic) bond motifs is 2. The Morgan fingerprint density at radius 1 is 0.644 bits per heavy atom. The molecule has 6 rings (SSSR count). The van der Waals surface area contributed by atoms with Crippen LogP contribution in [0.4, 0.5) is 39.8 Å². The van der Waals surface area contributed by atoms with E-state index in [9.17, 15) is 10.2 Å². The Kier molecular flexibility index (Phi) is 7.75. The number of rotatable bonds is 7. The van der Waals surface area contributed by atoms with Crippen LogP contribution in [0.5, 0.6) is 17.2 Å². The summed E-state index contributed by atoms with van der Waals surface area (Å²) >= 11 is 0. The standard InChI is InChI=1S/C36H32N6O3/c1-20-13-21(2)29-11-10-28(17-23(29)14-20)39-41-32-18-33(43)31(19-34(32)45-4)40-42-35-22(3)15-24-16-27(9-12-30(24)36(35)44)38-26-7-5-25(37)6-8-26/h5-19,38,43-44H,37H2,1-4H3. The predicted octanol–water partition coefficient (Wildman–Crippen LogP) is 10.5. The lowest BCUT2D eigenvalue weighted by Gasteiger charge is -2.11. The summed E-state index contributed by atoms with van der Waals surface area (Å²) in [5.41, 5.74) is 12.8. The molecule has 0 bridgehead atoms. The molecule has 6 aromatic carbocycles. The summed E-state index contributed by atoms with van der Waals surface area (Å²) in [7, 11) is 1.50. The van der Waals surface area contributed by atoms with E-state index < -0.39 is 0 Å². The van der Waals surface area contributed by atoms with Gasteiger partial charge in [-0.2, -0.15) is 5.11 Å². The summed E-state index contributed by atoms with van der Waals surface area (Å²) in [5, 5.41) is 46.2. The maximum absolute atomic E-state index is 11.1. The van der Waals surface area contributed by atoms with Crippen LogP contribution in [0.3, 0.4) is 0 Å². The van der Waals surface area contributed by atoms with Crippen molar-refractivity contribution < 1.29 is 14.9 Å². The third kappa shape index (κ3) is 6.09. The number of ether oxygens (including phenoxy) is 1. The van der Waals surface area contributed by atoms with Crippen LogP contribution >= 0.6 is 0 Å². The van der Waals surface area contributed by atoms with Crippen molar-refractivity contribution in [1.29, 1.82) is 0 Å². The first-order valence-electron chi connectivity index (χ1n) is 14.3. The molecule has 0 saturated carbocycles. The number of aryl methyl sites for hydroxylation is 3. The highest BCUT2D eigenvalue weighted by Crippen LogP contribution is 2.43. The zero-order chi connectivity index (χ0) is 31.7. The van der Waals surface area contributed by atoms with E-state index in [1.165, 1.54) is 30.4 Å². The molecule has 0 amide bonds. The number of nitrogens with two attached hydrogens (primary N) is 1. The lowest BCUT2D eigenvalue weighted by Crippen LogP contribution is -1.91. The number of phenolic OH excluding ortho intramolecular Hbond substituents is 2. The van der Waals surface area contributed by atoms with Gasteiger partial charge < -0.3 is 26.0 Å². The molecule has 224 valence electrons. The molecule has 0 unspecified atom stereocenters. The van der Waals surface area contributed by atoms with Gasteiger partial charge in [-0.15, -0.1) is 15.3 Å². The van der Waals surface area contributed by atoms with E-state index in [-0.39, 0.29) is 17.2 Å². The Labute approximate surface area is 260 Å². The fourth-order valence-corrected chi connectivity index (χ4v) is 5.33. The van der Waals surface area contributed by atoms with E-state index in [0.717, 1.165) is 27.5 Å². The van der Waals surface area contributed by atoms with E-state index >= 15 is 0 Å². The first-order valence-corrected chi connectivity index (χ1v) is 14.3. The minimum absolute atomic E-state index is 0.00886. The largest absolute Gasteiger partial charge is 0.506 e. The van der Waals surface area contributed by atoms with Gasteiger partial charge >= 0.3 is 0 Å². The van der Waals surface area contributed by atoms with E-state index in [2.05, 4.69) is 51.8 Å². The minimum Gasteiger partial charge on any atom is -0.506 e. The normalized spacial score (nSPS) is 11.6. The van der Waals surface area contributed by atoms with E-state index in [0.29, 0.717) is 39.4 Å². The predicted molar refractivity (Wildman–Crippen MR) is 181 cm³/mol. The van der Waals surface area contributed by atoms with Gasteiger partial charge in [0.1, 0.15) is 28.6 Å². The Hall–Kier alpha value is -5.96. The van der Waals surface area contributed by atoms with Crippen molar-refractivity contribution in [3.05, 3.63) is 108 Å². The van der Waals surface area contributed by atoms with E-state index in [1.54, 1.807) is 0 Å². The lowest BCUT2D eigenvalue weighted by atomic mass is 10.0. The second-order valence-electron chi connectivity index (χ2n) is 11.0. The topological polar surface area (TPSA) is 137 Å². The molecule has 9 heteroatoms. The molecule has 0 radical (unpaired) electrons. The molecular formula is C36H32N6O3. The summed E-state index contributed by atoms with van der Waals surface area (Å²) in [4.78, 5) is 0. The third-order valence-corrected chi connectivity index (χ3v) is 7.57. The van der Waals surface area contributed by atoms with Gasteiger partial charge in [-0.3, -0.25) is 0 Å². The van der Waals surface area contributed by atoms with Crippen LogP contribution in [0.15, 0.2) is 111 Å². The van der Waals surface area contributed by atoms with Crippen LogP contribution < -0.4 is 15.8 Å². The number of aromatic hydroxyl groups is 2. The number of nitrogens with one attached hydrogen (secondary N) is 1. The fourth-order valence-electron chi connectivity index (χ4n) is 5.33. The highest BCUT2D eigenvalue weighted by atomic mass is 16.5. The first kappa shape index (κ1) is 29.1. The van der Waals surface area contributed by atoms with Gasteiger partial charge in [-0.1, -0.05) is 23.8 Å². The van der Waals surface area contributed by atoms with Gasteiger partial charge in [0.05, 0.1) is 12.8 Å². The van der Waals surface area contributed by atoms with Gasteiger partial charge in [-0.05, 0) is 109 Å². The summed E-state index contributed by atoms with van der Waals surface area (Å²) < 4.78 is 5.52. The number of nitrogens with zero attached hydrogens (tertiary/aromatic N) is 4. The van der Waals surface area contributed by atoms with Gasteiger partial charge in [0.2, 0.25) is 0 Å². The Morgan fingerprint density at radius 2 is 1.36 bits per heavy atom. The van der Waals surface area contributed by atoms with Crippen molar-refractivity contribution in [3.8, 4) is 17.2 Å². The molecule has 5 N–H and O–H groups in total. The SMILES string of the molecule is COc1cc(N=Nc2c(C)cc3cc(Nc4ccc(N)cc4)ccc3c2O)c(O)cc1N=Nc1ccc2c(C)cc(C)cc2c1. The summed E-state index contributed by atoms with van der Waals surface area (Å²) in [6.07, 6.45) is 0. The van der Waals surface area contributed by atoms with E-state index in [4.69, 9.17) is 10.5 Å². The fraction of sp³-hybridized carbons (Fsp3) is 0.111. The molecule has 0 heterocycles. The number of methoxy groups -OCH3 is 1. The van der Waals surface area contributed by atoms with Crippen LogP contribution in [0.2, 0.25) is 0 Å². The molecule has 0 fully saturated rings. The van der Waals surface area contributed by atoms with Crippen molar-refractivity contribution in [3.63, 3.8) is 0 Å². The van der Waals surface area contributed by atoms with Gasteiger partial charge in [0.25, 0.3) is 0 Å². The smallest absolute Gasteiger partial charge is 0.151 e. The van der Waals surface area contributed by atoms with Crippen LogP contribution in [0.25, 0.3) is 21.5 Å². The number of nitrogen functional groups attached to an aromatic ring is 1. The molecule has 0 saturated heterocycles. The maximum atomic E-state index is 11.1. The van der Waals surface area contributed by atoms with Crippen LogP contribution in [0, 0.1) is 20.8 Å². The Bertz CT molecular complexity index is 2140. The minimum atomic E-state index is -0.158. The number of anilines is 3. The monoisotopic (exact) mass is 596 g/mol. The van der Waals surface area contributed by atoms with Crippen molar-refractivity contribution in [2.45, 2.75) is 20.8 Å². The maximum Gasteiger partial charge on any atom is 0.151 e. The molecule has 9 nitrogen and oxygen atoms in total. The number of benzene rings is 6. The zero-order valence-corrected chi connectivity index (χ0v) is 25.3. The zero-order valence-electron chi connectivity index (χ0n) is 25.3. The average Bonchev–Trinajstić information content (AvgIpc) is 3.01. The molecule has 0 aliphatic rings. The lowest BCUT2D eigenvalue weighted by molar-refractivity contribution is 0.413. The van der Waals surface area contributed by atoms with Crippen molar-refractivity contribution in [1.82, 2.24) is 0 Å². The van der Waals surface area contributed by atoms with Crippen molar-refractivity contribution in [2.75, 3.05) is 18.2 Å². The summed E-state index contributed by atoms with van der Waals surface area (Å²) in [6, 6.07) is 28.1. The van der Waals surface area contributed by atoms with Gasteiger partial charge in [0, 0.05) is 34.6 Å². The Morgan fingerprint density at radius 3 is 2.13 bits per heavy atom. The van der Waals surface area contributed by atoms with Gasteiger partial charge in [-0.25, -0.2) is 0 Å². The van der Waals surface area contributed by atoms with Crippen LogP contribution in [0.1, 0.15) is 16.7 Å². The van der Waals surface area contributed by atoms with Crippen LogP contribution in [-0.4, -0.2) is 17.3 Å². The summed E-state index contributed by atoms with van der Waals surface area (Å²) in [6.45, 7) is 5.99. The summed E-state index contributed by atoms with van der Waals surface area (Å²) in [5.74, 6) is 0.193. The second kappa shape index (κ2) is 12.0. The Balaban J connectivity index is 1.26. The van der Waals surface area contributed by atoms with Crippen LogP contribution in [-0.2, 0) is 0 Å². The molecular weight excluding hydrogens is 564 g/mol. The molecule has 0 aliphatic carbocycles. The molecule has 0 spiro atoms. The highest BCUT2D eigenvalue weighted by Gasteiger charge is 2.14. The number of phenols is 2. The van der Waals surface area contributed by atoms with Gasteiger partial charge in [0.15, 0.2) is 5.75 Å². The van der Waals surface area contributed by atoms with Crippen molar-refractivity contribution in [2.24, 2.45) is 20.5 Å². The number of azo groups is 2. The highest BCUT2D eigenvalue weighted by molar-refractivity contribution is 5.96. The molecule has 0 atom stereocenters. The number of hydrogen-bond donors (Lipinski definition) is 4.